The molecule has 1 fully saturated rings. The molecule has 1 aliphatic rings. The Morgan fingerprint density at radius 2 is 1.79 bits per heavy atom. The Balaban J connectivity index is 1.45. The highest BCUT2D eigenvalue weighted by Gasteiger charge is 2.12. The number of thioether (sulfide) groups is 1. The third-order valence-electron chi connectivity index (χ3n) is 4.09. The maximum atomic E-state index is 12.0. The van der Waals surface area contributed by atoms with E-state index in [0.29, 0.717) is 17.3 Å². The van der Waals surface area contributed by atoms with Crippen LogP contribution < -0.4 is 10.2 Å². The van der Waals surface area contributed by atoms with E-state index < -0.39 is 0 Å². The monoisotopic (exact) mass is 360 g/mol. The summed E-state index contributed by atoms with van der Waals surface area (Å²) in [5, 5.41) is 3.65. The maximum absolute atomic E-state index is 12.0. The number of benzene rings is 2. The van der Waals surface area contributed by atoms with Crippen molar-refractivity contribution in [3.63, 3.8) is 0 Å². The van der Waals surface area contributed by atoms with Gasteiger partial charge in [-0.2, -0.15) is 0 Å². The number of rotatable bonds is 6. The van der Waals surface area contributed by atoms with Gasteiger partial charge in [-0.15, -0.1) is 11.8 Å². The number of carbonyl (C=O) groups excluding carboxylic acids is 1. The molecule has 0 aliphatic carbocycles. The van der Waals surface area contributed by atoms with Gasteiger partial charge in [0.1, 0.15) is 0 Å². The highest BCUT2D eigenvalue weighted by Crippen LogP contribution is 2.26. The first-order valence-corrected chi connectivity index (χ1v) is 9.56. The molecule has 1 aliphatic heterocycles. The lowest BCUT2D eigenvalue weighted by Crippen LogP contribution is -2.24. The van der Waals surface area contributed by atoms with Crippen LogP contribution in [-0.2, 0) is 11.3 Å². The van der Waals surface area contributed by atoms with Crippen LogP contribution in [0.5, 0.6) is 0 Å². The standard InChI is InChI=1S/C19H21ClN2OS/c20-17-5-1-2-6-18(17)24-14-19(23)21-13-15-7-9-16(10-8-15)22-11-3-4-12-22/h1-2,5-10H,3-4,11-14H2,(H,21,23). The van der Waals surface area contributed by atoms with Crippen molar-refractivity contribution in [2.75, 3.05) is 23.7 Å². The zero-order chi connectivity index (χ0) is 16.8. The molecule has 1 amide bonds. The molecule has 0 radical (unpaired) electrons. The fourth-order valence-corrected chi connectivity index (χ4v) is 3.83. The first-order chi connectivity index (χ1) is 11.7. The molecule has 2 aromatic rings. The molecule has 3 nitrogen and oxygen atoms in total. The molecule has 1 N–H and O–H groups in total. The predicted molar refractivity (Wildman–Crippen MR) is 102 cm³/mol. The second-order valence-electron chi connectivity index (χ2n) is 5.86. The van der Waals surface area contributed by atoms with Gasteiger partial charge in [-0.25, -0.2) is 0 Å². The van der Waals surface area contributed by atoms with Crippen molar-refractivity contribution in [2.24, 2.45) is 0 Å². The van der Waals surface area contributed by atoms with Crippen molar-refractivity contribution >= 4 is 35.0 Å². The Kier molecular flexibility index (Phi) is 6.05. The van der Waals surface area contributed by atoms with Crippen LogP contribution in [0.3, 0.4) is 0 Å². The minimum atomic E-state index is 0.0172. The molecule has 0 atom stereocenters. The van der Waals surface area contributed by atoms with Crippen LogP contribution >= 0.6 is 23.4 Å². The summed E-state index contributed by atoms with van der Waals surface area (Å²) in [5.74, 6) is 0.388. The van der Waals surface area contributed by atoms with Crippen LogP contribution in [0.4, 0.5) is 5.69 Å². The summed E-state index contributed by atoms with van der Waals surface area (Å²) in [6, 6.07) is 16.0. The largest absolute Gasteiger partial charge is 0.372 e. The normalized spacial score (nSPS) is 14.0. The van der Waals surface area contributed by atoms with E-state index >= 15 is 0 Å². The predicted octanol–water partition coefficient (Wildman–Crippen LogP) is 4.35. The van der Waals surface area contributed by atoms with Gasteiger partial charge in [0, 0.05) is 30.2 Å². The summed E-state index contributed by atoms with van der Waals surface area (Å²) in [6.45, 7) is 2.85. The molecule has 5 heteroatoms. The number of hydrogen-bond donors (Lipinski definition) is 1. The maximum Gasteiger partial charge on any atom is 0.230 e. The molecule has 0 spiro atoms. The summed E-state index contributed by atoms with van der Waals surface area (Å²) >= 11 is 7.55. The SMILES string of the molecule is O=C(CSc1ccccc1Cl)NCc1ccc(N2CCCC2)cc1. The van der Waals surface area contributed by atoms with E-state index in [0.717, 1.165) is 23.5 Å². The van der Waals surface area contributed by atoms with E-state index in [2.05, 4.69) is 34.5 Å². The molecule has 0 unspecified atom stereocenters. The first kappa shape index (κ1) is 17.2. The molecule has 0 saturated carbocycles. The van der Waals surface area contributed by atoms with Gasteiger partial charge in [0.2, 0.25) is 5.91 Å². The van der Waals surface area contributed by atoms with Gasteiger partial charge in [-0.05, 0) is 42.7 Å². The van der Waals surface area contributed by atoms with Gasteiger partial charge in [0.05, 0.1) is 10.8 Å². The van der Waals surface area contributed by atoms with Crippen molar-refractivity contribution in [1.82, 2.24) is 5.32 Å². The summed E-state index contributed by atoms with van der Waals surface area (Å²) in [7, 11) is 0. The summed E-state index contributed by atoms with van der Waals surface area (Å²) in [5.41, 5.74) is 2.39. The lowest BCUT2D eigenvalue weighted by Gasteiger charge is -2.17. The highest BCUT2D eigenvalue weighted by atomic mass is 35.5. The van der Waals surface area contributed by atoms with Crippen molar-refractivity contribution < 1.29 is 4.79 Å². The average Bonchev–Trinajstić information content (AvgIpc) is 3.14. The van der Waals surface area contributed by atoms with Crippen LogP contribution in [0.25, 0.3) is 0 Å². The van der Waals surface area contributed by atoms with Crippen molar-refractivity contribution in [3.8, 4) is 0 Å². The third kappa shape index (κ3) is 4.68. The van der Waals surface area contributed by atoms with Crippen molar-refractivity contribution in [3.05, 3.63) is 59.1 Å². The van der Waals surface area contributed by atoms with E-state index in [-0.39, 0.29) is 5.91 Å². The van der Waals surface area contributed by atoms with Gasteiger partial charge < -0.3 is 10.2 Å². The summed E-state index contributed by atoms with van der Waals surface area (Å²) in [6.07, 6.45) is 2.56. The van der Waals surface area contributed by atoms with Gasteiger partial charge in [-0.1, -0.05) is 35.9 Å². The Morgan fingerprint density at radius 3 is 2.50 bits per heavy atom. The van der Waals surface area contributed by atoms with Crippen LogP contribution in [0.2, 0.25) is 5.02 Å². The van der Waals surface area contributed by atoms with Gasteiger partial charge in [-0.3, -0.25) is 4.79 Å². The Morgan fingerprint density at radius 1 is 1.08 bits per heavy atom. The number of halogens is 1. The first-order valence-electron chi connectivity index (χ1n) is 8.20. The fourth-order valence-electron chi connectivity index (χ4n) is 2.76. The fraction of sp³-hybridized carbons (Fsp3) is 0.316. The number of nitrogens with one attached hydrogen (secondary N) is 1. The Bertz CT molecular complexity index is 684. The quantitative estimate of drug-likeness (QED) is 0.777. The highest BCUT2D eigenvalue weighted by molar-refractivity contribution is 8.00. The number of amides is 1. The van der Waals surface area contributed by atoms with E-state index in [9.17, 15) is 4.79 Å². The van der Waals surface area contributed by atoms with Gasteiger partial charge >= 0.3 is 0 Å². The van der Waals surface area contributed by atoms with E-state index in [1.807, 2.05) is 24.3 Å². The number of nitrogens with zero attached hydrogens (tertiary/aromatic N) is 1. The van der Waals surface area contributed by atoms with Gasteiger partial charge in [0.15, 0.2) is 0 Å². The second-order valence-corrected chi connectivity index (χ2v) is 7.28. The molecule has 0 aromatic heterocycles. The average molecular weight is 361 g/mol. The second kappa shape index (κ2) is 8.45. The lowest BCUT2D eigenvalue weighted by molar-refractivity contribution is -0.118. The molecule has 1 heterocycles. The minimum absolute atomic E-state index is 0.0172. The molecule has 24 heavy (non-hydrogen) atoms. The zero-order valence-corrected chi connectivity index (χ0v) is 15.1. The zero-order valence-electron chi connectivity index (χ0n) is 13.5. The molecule has 126 valence electrons. The summed E-state index contributed by atoms with van der Waals surface area (Å²) in [4.78, 5) is 15.3. The molecular weight excluding hydrogens is 340 g/mol. The molecule has 3 rings (SSSR count). The number of hydrogen-bond acceptors (Lipinski definition) is 3. The number of carbonyl (C=O) groups is 1. The topological polar surface area (TPSA) is 32.3 Å². The van der Waals surface area contributed by atoms with Crippen LogP contribution in [0.1, 0.15) is 18.4 Å². The summed E-state index contributed by atoms with van der Waals surface area (Å²) < 4.78 is 0. The molecular formula is C19H21ClN2OS. The van der Waals surface area contributed by atoms with E-state index in [1.54, 1.807) is 0 Å². The molecule has 0 bridgehead atoms. The number of anilines is 1. The van der Waals surface area contributed by atoms with Crippen LogP contribution in [-0.4, -0.2) is 24.7 Å². The Labute approximate surface area is 152 Å². The minimum Gasteiger partial charge on any atom is -0.372 e. The lowest BCUT2D eigenvalue weighted by atomic mass is 10.2. The van der Waals surface area contributed by atoms with Crippen LogP contribution in [0.15, 0.2) is 53.4 Å². The van der Waals surface area contributed by atoms with Crippen LogP contribution in [0, 0.1) is 0 Å². The van der Waals surface area contributed by atoms with Crippen molar-refractivity contribution in [2.45, 2.75) is 24.3 Å². The Hall–Kier alpha value is -1.65. The van der Waals surface area contributed by atoms with E-state index in [1.165, 1.54) is 30.3 Å². The molecule has 1 saturated heterocycles. The third-order valence-corrected chi connectivity index (χ3v) is 5.61. The van der Waals surface area contributed by atoms with Crippen molar-refractivity contribution in [1.29, 1.82) is 0 Å². The smallest absolute Gasteiger partial charge is 0.230 e. The van der Waals surface area contributed by atoms with Gasteiger partial charge in [0.25, 0.3) is 0 Å². The molecule has 2 aromatic carbocycles. The van der Waals surface area contributed by atoms with E-state index in [4.69, 9.17) is 11.6 Å².